The molecule has 1 unspecified atom stereocenters. The molecule has 0 saturated carbocycles. The van der Waals surface area contributed by atoms with Crippen LogP contribution in [0.25, 0.3) is 10.9 Å². The molecule has 2 N–H and O–H groups in total. The number of nitrogens with one attached hydrogen (secondary N) is 1. The van der Waals surface area contributed by atoms with Gasteiger partial charge in [0.2, 0.25) is 0 Å². The van der Waals surface area contributed by atoms with Crippen molar-refractivity contribution in [3.05, 3.63) is 64.8 Å². The maximum Gasteiger partial charge on any atom is 0.390 e. The minimum absolute atomic E-state index is 0.0586. The highest BCUT2D eigenvalue weighted by atomic mass is 19.4. The maximum atomic E-state index is 12.8. The second-order valence-corrected chi connectivity index (χ2v) is 8.72. The average molecular weight is 476 g/mol. The number of aromatic amines is 1. The number of aryl methyl sites for hydroxylation is 1. The van der Waals surface area contributed by atoms with Gasteiger partial charge in [-0.15, -0.1) is 0 Å². The van der Waals surface area contributed by atoms with Crippen LogP contribution in [-0.4, -0.2) is 65.3 Å². The zero-order chi connectivity index (χ0) is 24.5. The Kier molecular flexibility index (Phi) is 6.86. The van der Waals surface area contributed by atoms with Gasteiger partial charge in [-0.25, -0.2) is 4.79 Å². The predicted molar refractivity (Wildman–Crippen MR) is 123 cm³/mol. The fourth-order valence-electron chi connectivity index (χ4n) is 4.70. The second-order valence-electron chi connectivity index (χ2n) is 8.72. The molecule has 9 heteroatoms. The van der Waals surface area contributed by atoms with Gasteiger partial charge in [0.25, 0.3) is 0 Å². The number of piperazine rings is 1. The number of H-pyrrole nitrogens is 1. The highest BCUT2D eigenvalue weighted by Gasteiger charge is 2.33. The van der Waals surface area contributed by atoms with Crippen molar-refractivity contribution in [2.75, 3.05) is 33.3 Å². The van der Waals surface area contributed by atoms with E-state index in [-0.39, 0.29) is 18.2 Å². The Morgan fingerprint density at radius 3 is 2.59 bits per heavy atom. The number of rotatable bonds is 7. The lowest BCUT2D eigenvalue weighted by Gasteiger charge is -2.42. The van der Waals surface area contributed by atoms with Crippen LogP contribution in [0.2, 0.25) is 0 Å². The molecule has 0 radical (unpaired) electrons. The third kappa shape index (κ3) is 5.20. The number of aromatic nitrogens is 1. The summed E-state index contributed by atoms with van der Waals surface area (Å²) in [5.41, 5.74) is 4.16. The van der Waals surface area contributed by atoms with Crippen molar-refractivity contribution in [1.82, 2.24) is 14.8 Å². The third-order valence-corrected chi connectivity index (χ3v) is 6.52. The van der Waals surface area contributed by atoms with E-state index in [0.717, 1.165) is 33.3 Å². The number of carbonyl (C=O) groups is 1. The van der Waals surface area contributed by atoms with Gasteiger partial charge in [-0.2, -0.15) is 13.2 Å². The molecular formula is C25H28F3N3O3. The maximum absolute atomic E-state index is 12.8. The Hall–Kier alpha value is -3.04. The molecule has 1 aliphatic rings. The number of aromatic carboxylic acids is 1. The summed E-state index contributed by atoms with van der Waals surface area (Å²) in [6, 6.07) is 10.4. The zero-order valence-electron chi connectivity index (χ0n) is 19.2. The minimum Gasteiger partial charge on any atom is -0.496 e. The topological polar surface area (TPSA) is 68.8 Å². The molecule has 0 amide bonds. The number of hydrogen-bond donors (Lipinski definition) is 2. The molecule has 2 aromatic carbocycles. The van der Waals surface area contributed by atoms with Gasteiger partial charge >= 0.3 is 12.1 Å². The van der Waals surface area contributed by atoms with Crippen molar-refractivity contribution in [3.8, 4) is 5.75 Å². The van der Waals surface area contributed by atoms with Crippen LogP contribution in [0, 0.1) is 6.92 Å². The van der Waals surface area contributed by atoms with Crippen molar-refractivity contribution in [3.63, 3.8) is 0 Å². The van der Waals surface area contributed by atoms with Gasteiger partial charge in [0.15, 0.2) is 0 Å². The van der Waals surface area contributed by atoms with Crippen LogP contribution in [0.5, 0.6) is 5.75 Å². The van der Waals surface area contributed by atoms with Crippen LogP contribution in [-0.2, 0) is 6.54 Å². The lowest BCUT2D eigenvalue weighted by molar-refractivity contribution is -0.139. The number of carboxylic acids is 1. The van der Waals surface area contributed by atoms with E-state index in [1.54, 1.807) is 31.4 Å². The lowest BCUT2D eigenvalue weighted by atomic mass is 9.98. The number of ether oxygens (including phenoxy) is 1. The van der Waals surface area contributed by atoms with Crippen LogP contribution < -0.4 is 4.74 Å². The van der Waals surface area contributed by atoms with Crippen LogP contribution >= 0.6 is 0 Å². The van der Waals surface area contributed by atoms with Crippen LogP contribution in [0.3, 0.4) is 0 Å². The summed E-state index contributed by atoms with van der Waals surface area (Å²) in [6.45, 7) is 4.02. The number of halogens is 3. The molecule has 0 aliphatic carbocycles. The Morgan fingerprint density at radius 1 is 1.21 bits per heavy atom. The fourth-order valence-corrected chi connectivity index (χ4v) is 4.70. The quantitative estimate of drug-likeness (QED) is 0.504. The molecule has 2 heterocycles. The first-order valence-electron chi connectivity index (χ1n) is 11.2. The van der Waals surface area contributed by atoms with E-state index < -0.39 is 18.6 Å². The predicted octanol–water partition coefficient (Wildman–Crippen LogP) is 4.99. The summed E-state index contributed by atoms with van der Waals surface area (Å²) in [5, 5.41) is 10.3. The minimum atomic E-state index is -4.20. The normalized spacial score (nSPS) is 17.9. The van der Waals surface area contributed by atoms with E-state index in [0.29, 0.717) is 26.2 Å². The molecule has 1 saturated heterocycles. The van der Waals surface area contributed by atoms with Crippen molar-refractivity contribution in [1.29, 1.82) is 0 Å². The molecule has 182 valence electrons. The summed E-state index contributed by atoms with van der Waals surface area (Å²) in [7, 11) is 1.63. The molecule has 0 spiro atoms. The zero-order valence-corrected chi connectivity index (χ0v) is 19.2. The molecule has 34 heavy (non-hydrogen) atoms. The SMILES string of the molecule is COc1cc(C)c2[nH]ccc2c1CN1CCN(CCC(F)(F)F)CC1c1ccc(C(=O)O)cc1. The Morgan fingerprint density at radius 2 is 1.94 bits per heavy atom. The molecule has 1 aliphatic heterocycles. The van der Waals surface area contributed by atoms with E-state index in [9.17, 15) is 23.1 Å². The standard InChI is InChI=1S/C25H28F3N3O3/c1-16-13-22(34-2)20(19-7-9-29-23(16)19)14-31-12-11-30(10-8-25(26,27)28)15-21(31)17-3-5-18(6-4-17)24(32)33/h3-7,9,13,21,29H,8,10-12,14-15H2,1-2H3,(H,32,33). The molecule has 3 aromatic rings. The Labute approximate surface area is 195 Å². The van der Waals surface area contributed by atoms with Gasteiger partial charge < -0.3 is 14.8 Å². The first-order valence-corrected chi connectivity index (χ1v) is 11.2. The lowest BCUT2D eigenvalue weighted by Crippen LogP contribution is -2.48. The van der Waals surface area contributed by atoms with Crippen molar-refractivity contribution >= 4 is 16.9 Å². The molecule has 6 nitrogen and oxygen atoms in total. The number of benzene rings is 2. The van der Waals surface area contributed by atoms with Crippen molar-refractivity contribution in [2.45, 2.75) is 32.1 Å². The van der Waals surface area contributed by atoms with Gasteiger partial charge in [-0.1, -0.05) is 12.1 Å². The first-order chi connectivity index (χ1) is 16.2. The van der Waals surface area contributed by atoms with Crippen molar-refractivity contribution < 1.29 is 27.8 Å². The summed E-state index contributed by atoms with van der Waals surface area (Å²) in [4.78, 5) is 18.6. The molecule has 0 bridgehead atoms. The highest BCUT2D eigenvalue weighted by Crippen LogP contribution is 2.35. The monoisotopic (exact) mass is 475 g/mol. The van der Waals surface area contributed by atoms with Crippen molar-refractivity contribution in [2.24, 2.45) is 0 Å². The molecule has 1 atom stereocenters. The highest BCUT2D eigenvalue weighted by molar-refractivity contribution is 5.88. The third-order valence-electron chi connectivity index (χ3n) is 6.52. The van der Waals surface area contributed by atoms with E-state index in [1.807, 2.05) is 30.2 Å². The van der Waals surface area contributed by atoms with E-state index in [1.165, 1.54) is 0 Å². The van der Waals surface area contributed by atoms with Gasteiger partial charge in [0, 0.05) is 61.4 Å². The first kappa shape index (κ1) is 24.1. The number of alkyl halides is 3. The molecule has 1 fully saturated rings. The number of carboxylic acid groups (broad SMARTS) is 1. The summed E-state index contributed by atoms with van der Waals surface area (Å²) >= 11 is 0. The van der Waals surface area contributed by atoms with E-state index in [4.69, 9.17) is 4.74 Å². The summed E-state index contributed by atoms with van der Waals surface area (Å²) in [6.07, 6.45) is -3.17. The Bertz CT molecular complexity index is 1160. The summed E-state index contributed by atoms with van der Waals surface area (Å²) in [5.74, 6) is -0.248. The fraction of sp³-hybridized carbons (Fsp3) is 0.400. The van der Waals surface area contributed by atoms with Gasteiger partial charge in [-0.3, -0.25) is 9.80 Å². The molecular weight excluding hydrogens is 447 g/mol. The number of hydrogen-bond acceptors (Lipinski definition) is 4. The van der Waals surface area contributed by atoms with E-state index in [2.05, 4.69) is 9.88 Å². The number of methoxy groups -OCH3 is 1. The smallest absolute Gasteiger partial charge is 0.390 e. The largest absolute Gasteiger partial charge is 0.496 e. The molecule has 1 aromatic heterocycles. The van der Waals surface area contributed by atoms with E-state index >= 15 is 0 Å². The Balaban J connectivity index is 1.65. The molecule has 4 rings (SSSR count). The second kappa shape index (κ2) is 9.68. The van der Waals surface area contributed by atoms with Gasteiger partial charge in [0.05, 0.1) is 19.1 Å². The van der Waals surface area contributed by atoms with Gasteiger partial charge in [-0.05, 0) is 42.3 Å². The van der Waals surface area contributed by atoms with Crippen LogP contribution in [0.4, 0.5) is 13.2 Å². The number of fused-ring (bicyclic) bond motifs is 1. The number of nitrogens with zero attached hydrogens (tertiary/aromatic N) is 2. The van der Waals surface area contributed by atoms with Crippen LogP contribution in [0.1, 0.15) is 39.5 Å². The average Bonchev–Trinajstić information content (AvgIpc) is 3.30. The van der Waals surface area contributed by atoms with Crippen LogP contribution in [0.15, 0.2) is 42.6 Å². The van der Waals surface area contributed by atoms with Gasteiger partial charge in [0.1, 0.15) is 5.75 Å². The summed E-state index contributed by atoms with van der Waals surface area (Å²) < 4.78 is 44.2.